The van der Waals surface area contributed by atoms with Crippen molar-refractivity contribution in [3.63, 3.8) is 0 Å². The van der Waals surface area contributed by atoms with Crippen LogP contribution in [0.3, 0.4) is 0 Å². The number of piperidine rings is 1. The number of rotatable bonds is 5. The Labute approximate surface area is 139 Å². The Morgan fingerprint density at radius 2 is 1.96 bits per heavy atom. The number of hydrogen-bond donors (Lipinski definition) is 0. The van der Waals surface area contributed by atoms with Gasteiger partial charge < -0.3 is 4.90 Å². The molecular formula is C18H27NO3S. The van der Waals surface area contributed by atoms with Crippen LogP contribution in [-0.2, 0) is 20.0 Å². The average Bonchev–Trinajstić information content (AvgIpc) is 2.46. The zero-order valence-electron chi connectivity index (χ0n) is 14.5. The summed E-state index contributed by atoms with van der Waals surface area (Å²) in [6.07, 6.45) is 3.58. The van der Waals surface area contributed by atoms with Gasteiger partial charge in [0.2, 0.25) is 0 Å². The second-order valence-corrected chi connectivity index (χ2v) is 9.38. The fraction of sp³-hybridized carbons (Fsp3) is 0.611. The summed E-state index contributed by atoms with van der Waals surface area (Å²) in [6.45, 7) is 5.77. The lowest BCUT2D eigenvalue weighted by Crippen LogP contribution is -2.38. The number of carbonyl (C=O) groups excluding carboxylic acids is 1. The molecule has 1 aromatic rings. The van der Waals surface area contributed by atoms with Gasteiger partial charge in [-0.25, -0.2) is 8.42 Å². The zero-order valence-corrected chi connectivity index (χ0v) is 15.3. The van der Waals surface area contributed by atoms with E-state index in [0.29, 0.717) is 11.3 Å². The first kappa shape index (κ1) is 18.1. The molecule has 0 aliphatic carbocycles. The van der Waals surface area contributed by atoms with Crippen LogP contribution >= 0.6 is 0 Å². The number of Topliss-reactive ketones (excluding diaryl/α,β-unsaturated/α-hetero) is 1. The summed E-state index contributed by atoms with van der Waals surface area (Å²) in [5.41, 5.74) is 0.243. The molecule has 1 aliphatic heterocycles. The maximum absolute atomic E-state index is 12.7. The lowest BCUT2D eigenvalue weighted by molar-refractivity contribution is -0.125. The quantitative estimate of drug-likeness (QED) is 0.829. The molecule has 1 heterocycles. The van der Waals surface area contributed by atoms with Crippen molar-refractivity contribution >= 4 is 15.6 Å². The molecule has 23 heavy (non-hydrogen) atoms. The van der Waals surface area contributed by atoms with Crippen LogP contribution in [0.4, 0.5) is 0 Å². The summed E-state index contributed by atoms with van der Waals surface area (Å²) in [5.74, 6) is 0.309. The second-order valence-electron chi connectivity index (χ2n) is 7.40. The first-order valence-corrected chi connectivity index (χ1v) is 10.0. The van der Waals surface area contributed by atoms with Gasteiger partial charge >= 0.3 is 0 Å². The largest absolute Gasteiger partial charge is 0.306 e. The van der Waals surface area contributed by atoms with Gasteiger partial charge in [-0.05, 0) is 43.5 Å². The van der Waals surface area contributed by atoms with E-state index in [4.69, 9.17) is 0 Å². The molecule has 0 amide bonds. The number of sulfone groups is 1. The van der Waals surface area contributed by atoms with Crippen molar-refractivity contribution in [1.82, 2.24) is 4.90 Å². The normalized spacial score (nSPS) is 20.4. The van der Waals surface area contributed by atoms with Crippen LogP contribution in [0, 0.1) is 5.92 Å². The Morgan fingerprint density at radius 3 is 2.57 bits per heavy atom. The minimum atomic E-state index is -3.31. The maximum Gasteiger partial charge on any atom is 0.175 e. The summed E-state index contributed by atoms with van der Waals surface area (Å²) < 4.78 is 24.1. The van der Waals surface area contributed by atoms with Gasteiger partial charge in [0.1, 0.15) is 5.78 Å². The van der Waals surface area contributed by atoms with Crippen LogP contribution in [0.2, 0.25) is 0 Å². The lowest BCUT2D eigenvalue weighted by Gasteiger charge is -2.32. The number of hydrogen-bond acceptors (Lipinski definition) is 4. The molecule has 2 rings (SSSR count). The molecule has 1 saturated heterocycles. The van der Waals surface area contributed by atoms with Crippen LogP contribution in [0.25, 0.3) is 0 Å². The number of nitrogens with zero attached hydrogens (tertiary/aromatic N) is 1. The predicted molar refractivity (Wildman–Crippen MR) is 92.4 cm³/mol. The molecule has 0 bridgehead atoms. The third-order valence-electron chi connectivity index (χ3n) is 4.71. The lowest BCUT2D eigenvalue weighted by atomic mass is 9.77. The molecule has 1 atom stereocenters. The molecule has 0 saturated carbocycles. The third kappa shape index (κ3) is 4.42. The summed E-state index contributed by atoms with van der Waals surface area (Å²) in [5, 5.41) is 0. The topological polar surface area (TPSA) is 54.5 Å². The Hall–Kier alpha value is -1.20. The van der Waals surface area contributed by atoms with Crippen molar-refractivity contribution in [2.24, 2.45) is 5.92 Å². The fourth-order valence-electron chi connectivity index (χ4n) is 3.45. The standard InChI is InChI=1S/C18H27NO3S/c1-18(2,12-16(20)14-8-7-11-19(3)13-14)15-9-5-6-10-17(15)23(4,21)22/h5-6,9-10,14H,7-8,11-13H2,1-4H3/t14-/m0/s1. The maximum atomic E-state index is 12.7. The molecule has 0 aromatic heterocycles. The predicted octanol–water partition coefficient (Wildman–Crippen LogP) is 2.67. The van der Waals surface area contributed by atoms with Crippen molar-refractivity contribution in [2.75, 3.05) is 26.4 Å². The van der Waals surface area contributed by atoms with Gasteiger partial charge in [0.15, 0.2) is 9.84 Å². The highest BCUT2D eigenvalue weighted by molar-refractivity contribution is 7.90. The van der Waals surface area contributed by atoms with Gasteiger partial charge in [0.25, 0.3) is 0 Å². The van der Waals surface area contributed by atoms with Crippen molar-refractivity contribution < 1.29 is 13.2 Å². The molecule has 5 heteroatoms. The minimum absolute atomic E-state index is 0.0680. The molecule has 0 unspecified atom stereocenters. The Bertz CT molecular complexity index is 679. The van der Waals surface area contributed by atoms with Crippen LogP contribution in [0.1, 0.15) is 38.7 Å². The van der Waals surface area contributed by atoms with Crippen molar-refractivity contribution in [2.45, 2.75) is 43.4 Å². The van der Waals surface area contributed by atoms with Crippen LogP contribution in [0.5, 0.6) is 0 Å². The molecule has 4 nitrogen and oxygen atoms in total. The minimum Gasteiger partial charge on any atom is -0.306 e. The molecule has 1 aromatic carbocycles. The highest BCUT2D eigenvalue weighted by Crippen LogP contribution is 2.34. The Kier molecular flexibility index (Phi) is 5.31. The van der Waals surface area contributed by atoms with E-state index >= 15 is 0 Å². The Balaban J connectivity index is 2.24. The van der Waals surface area contributed by atoms with E-state index in [1.807, 2.05) is 33.0 Å². The summed E-state index contributed by atoms with van der Waals surface area (Å²) in [6, 6.07) is 7.03. The van der Waals surface area contributed by atoms with E-state index in [-0.39, 0.29) is 11.7 Å². The van der Waals surface area contributed by atoms with Gasteiger partial charge in [0.05, 0.1) is 4.90 Å². The monoisotopic (exact) mass is 337 g/mol. The summed E-state index contributed by atoms with van der Waals surface area (Å²) in [7, 11) is -1.26. The number of likely N-dealkylation sites (tertiary alicyclic amines) is 1. The van der Waals surface area contributed by atoms with Crippen LogP contribution in [0.15, 0.2) is 29.2 Å². The fourth-order valence-corrected chi connectivity index (χ4v) is 4.52. The number of benzene rings is 1. The first-order chi connectivity index (χ1) is 10.6. The van der Waals surface area contributed by atoms with Crippen LogP contribution in [-0.4, -0.2) is 45.5 Å². The smallest absolute Gasteiger partial charge is 0.175 e. The van der Waals surface area contributed by atoms with E-state index in [1.54, 1.807) is 12.1 Å². The van der Waals surface area contributed by atoms with E-state index in [0.717, 1.165) is 31.5 Å². The highest BCUT2D eigenvalue weighted by Gasteiger charge is 2.33. The van der Waals surface area contributed by atoms with Gasteiger partial charge in [-0.15, -0.1) is 0 Å². The van der Waals surface area contributed by atoms with E-state index in [1.165, 1.54) is 6.26 Å². The first-order valence-electron chi connectivity index (χ1n) is 8.12. The van der Waals surface area contributed by atoms with Crippen molar-refractivity contribution in [1.29, 1.82) is 0 Å². The van der Waals surface area contributed by atoms with E-state index < -0.39 is 15.3 Å². The molecule has 0 spiro atoms. The molecule has 0 radical (unpaired) electrons. The second kappa shape index (κ2) is 6.73. The molecule has 0 N–H and O–H groups in total. The number of ketones is 1. The van der Waals surface area contributed by atoms with Crippen molar-refractivity contribution in [3.8, 4) is 0 Å². The van der Waals surface area contributed by atoms with E-state index in [2.05, 4.69) is 4.90 Å². The summed E-state index contributed by atoms with van der Waals surface area (Å²) in [4.78, 5) is 15.2. The molecule has 128 valence electrons. The molecule has 1 fully saturated rings. The highest BCUT2D eigenvalue weighted by atomic mass is 32.2. The van der Waals surface area contributed by atoms with Gasteiger partial charge in [-0.3, -0.25) is 4.79 Å². The molecule has 1 aliphatic rings. The Morgan fingerprint density at radius 1 is 1.30 bits per heavy atom. The van der Waals surface area contributed by atoms with Crippen LogP contribution < -0.4 is 0 Å². The zero-order chi connectivity index (χ0) is 17.3. The summed E-state index contributed by atoms with van der Waals surface area (Å²) >= 11 is 0. The number of carbonyl (C=O) groups is 1. The third-order valence-corrected chi connectivity index (χ3v) is 5.87. The van der Waals surface area contributed by atoms with Crippen molar-refractivity contribution in [3.05, 3.63) is 29.8 Å². The SMILES string of the molecule is CN1CCC[C@H](C(=O)CC(C)(C)c2ccccc2S(C)(=O)=O)C1. The van der Waals surface area contributed by atoms with Gasteiger partial charge in [-0.2, -0.15) is 0 Å². The van der Waals surface area contributed by atoms with Gasteiger partial charge in [0, 0.05) is 25.1 Å². The van der Waals surface area contributed by atoms with E-state index in [9.17, 15) is 13.2 Å². The molecular weight excluding hydrogens is 310 g/mol. The van der Waals surface area contributed by atoms with Gasteiger partial charge in [-0.1, -0.05) is 32.0 Å². The average molecular weight is 337 g/mol.